The van der Waals surface area contributed by atoms with Gasteiger partial charge in [0.2, 0.25) is 0 Å². The van der Waals surface area contributed by atoms with E-state index in [1.54, 1.807) is 0 Å². The Morgan fingerprint density at radius 2 is 2.00 bits per heavy atom. The number of rotatable bonds is 4. The molecular formula is C9H20N3. The molecule has 3 nitrogen and oxygen atoms in total. The van der Waals surface area contributed by atoms with E-state index in [4.69, 9.17) is 0 Å². The molecule has 0 atom stereocenters. The van der Waals surface area contributed by atoms with Gasteiger partial charge in [-0.1, -0.05) is 13.3 Å². The summed E-state index contributed by atoms with van der Waals surface area (Å²) < 4.78 is 0. The summed E-state index contributed by atoms with van der Waals surface area (Å²) in [6.45, 7) is 7.67. The molecule has 0 N–H and O–H groups in total. The molecule has 1 aliphatic heterocycles. The number of piperazine rings is 1. The highest BCUT2D eigenvalue weighted by Gasteiger charge is 2.13. The normalized spacial score (nSPS) is 20.2. The molecule has 0 spiro atoms. The van der Waals surface area contributed by atoms with Gasteiger partial charge in [0.1, 0.15) is 0 Å². The van der Waals surface area contributed by atoms with Crippen molar-refractivity contribution in [1.82, 2.24) is 15.3 Å². The molecule has 1 aliphatic rings. The van der Waals surface area contributed by atoms with Crippen molar-refractivity contribution in [2.45, 2.75) is 19.8 Å². The van der Waals surface area contributed by atoms with Gasteiger partial charge in [-0.25, -0.2) is 15.3 Å². The Hall–Kier alpha value is -0.120. The van der Waals surface area contributed by atoms with Gasteiger partial charge in [-0.3, -0.25) is 0 Å². The summed E-state index contributed by atoms with van der Waals surface area (Å²) in [7, 11) is 2.18. The summed E-state index contributed by atoms with van der Waals surface area (Å²) in [5.41, 5.74) is 0. The minimum atomic E-state index is 1.01. The lowest BCUT2D eigenvalue weighted by atomic mass is 10.3. The smallest absolute Gasteiger partial charge is 0.0275 e. The number of hydrazine groups is 1. The molecule has 71 valence electrons. The molecule has 0 aromatic rings. The number of unbranched alkanes of at least 4 members (excludes halogenated alkanes) is 1. The van der Waals surface area contributed by atoms with Gasteiger partial charge in [0.05, 0.1) is 0 Å². The molecule has 3 heteroatoms. The minimum absolute atomic E-state index is 1.01. The zero-order chi connectivity index (χ0) is 8.81. The van der Waals surface area contributed by atoms with E-state index in [9.17, 15) is 0 Å². The fourth-order valence-electron chi connectivity index (χ4n) is 1.47. The lowest BCUT2D eigenvalue weighted by molar-refractivity contribution is -0.0118. The Balaban J connectivity index is 2.15. The summed E-state index contributed by atoms with van der Waals surface area (Å²) in [5.74, 6) is 0. The standard InChI is InChI=1S/C9H20N3/c1-3-4-7-11(2)12-8-5-10-6-9-12/h3-9H2,1-2H3. The Morgan fingerprint density at radius 3 is 2.58 bits per heavy atom. The summed E-state index contributed by atoms with van der Waals surface area (Å²) in [4.78, 5) is 0. The first-order valence-corrected chi connectivity index (χ1v) is 4.94. The summed E-state index contributed by atoms with van der Waals surface area (Å²) in [6, 6.07) is 0. The lowest BCUT2D eigenvalue weighted by Crippen LogP contribution is -2.49. The highest BCUT2D eigenvalue weighted by molar-refractivity contribution is 4.64. The van der Waals surface area contributed by atoms with Crippen LogP contribution in [0.1, 0.15) is 19.8 Å². The lowest BCUT2D eigenvalue weighted by Gasteiger charge is -2.34. The monoisotopic (exact) mass is 170 g/mol. The molecule has 1 heterocycles. The molecule has 0 aromatic heterocycles. The first-order chi connectivity index (χ1) is 5.84. The van der Waals surface area contributed by atoms with Crippen molar-refractivity contribution in [2.24, 2.45) is 0 Å². The summed E-state index contributed by atoms with van der Waals surface area (Å²) in [6.07, 6.45) is 2.58. The third kappa shape index (κ3) is 3.09. The van der Waals surface area contributed by atoms with Crippen LogP contribution in [0, 0.1) is 0 Å². The fourth-order valence-corrected chi connectivity index (χ4v) is 1.47. The average molecular weight is 170 g/mol. The molecule has 1 fully saturated rings. The van der Waals surface area contributed by atoms with E-state index >= 15 is 0 Å². The van der Waals surface area contributed by atoms with Crippen molar-refractivity contribution >= 4 is 0 Å². The van der Waals surface area contributed by atoms with E-state index in [1.165, 1.54) is 19.4 Å². The van der Waals surface area contributed by atoms with Gasteiger partial charge in [-0.2, -0.15) is 0 Å². The van der Waals surface area contributed by atoms with Crippen LogP contribution in [-0.2, 0) is 0 Å². The number of nitrogens with zero attached hydrogens (tertiary/aromatic N) is 3. The maximum Gasteiger partial charge on any atom is 0.0275 e. The van der Waals surface area contributed by atoms with Crippen LogP contribution in [-0.4, -0.2) is 49.8 Å². The fraction of sp³-hybridized carbons (Fsp3) is 1.00. The second-order valence-corrected chi connectivity index (χ2v) is 3.36. The molecule has 1 radical (unpaired) electrons. The first-order valence-electron chi connectivity index (χ1n) is 4.94. The van der Waals surface area contributed by atoms with Crippen LogP contribution in [0.4, 0.5) is 0 Å². The van der Waals surface area contributed by atoms with E-state index in [0.717, 1.165) is 26.2 Å². The minimum Gasteiger partial charge on any atom is -0.245 e. The molecule has 12 heavy (non-hydrogen) atoms. The molecule has 0 saturated carbocycles. The third-order valence-corrected chi connectivity index (χ3v) is 2.35. The van der Waals surface area contributed by atoms with Gasteiger partial charge < -0.3 is 0 Å². The van der Waals surface area contributed by atoms with Gasteiger partial charge >= 0.3 is 0 Å². The SMILES string of the molecule is CCCCN(C)N1CC[N]CC1. The van der Waals surface area contributed by atoms with Crippen LogP contribution < -0.4 is 5.32 Å². The van der Waals surface area contributed by atoms with E-state index < -0.39 is 0 Å². The maximum absolute atomic E-state index is 4.32. The van der Waals surface area contributed by atoms with Crippen molar-refractivity contribution in [1.29, 1.82) is 0 Å². The molecule has 1 saturated heterocycles. The highest BCUT2D eigenvalue weighted by atomic mass is 15.6. The third-order valence-electron chi connectivity index (χ3n) is 2.35. The predicted molar refractivity (Wildman–Crippen MR) is 51.0 cm³/mol. The molecule has 0 unspecified atom stereocenters. The summed E-state index contributed by atoms with van der Waals surface area (Å²) in [5, 5.41) is 9.07. The Bertz CT molecular complexity index is 110. The van der Waals surface area contributed by atoms with Gasteiger partial charge in [0.15, 0.2) is 0 Å². The maximum atomic E-state index is 4.32. The van der Waals surface area contributed by atoms with Crippen molar-refractivity contribution in [3.05, 3.63) is 0 Å². The molecule has 0 amide bonds. The van der Waals surface area contributed by atoms with E-state index in [2.05, 4.69) is 29.3 Å². The highest BCUT2D eigenvalue weighted by Crippen LogP contribution is 2.00. The second kappa shape index (κ2) is 5.51. The number of hydrogen-bond donors (Lipinski definition) is 0. The van der Waals surface area contributed by atoms with Gasteiger partial charge in [0.25, 0.3) is 0 Å². The Labute approximate surface area is 75.7 Å². The van der Waals surface area contributed by atoms with E-state index in [0.29, 0.717) is 0 Å². The Kier molecular flexibility index (Phi) is 4.58. The molecule has 1 rings (SSSR count). The Morgan fingerprint density at radius 1 is 1.33 bits per heavy atom. The summed E-state index contributed by atoms with van der Waals surface area (Å²) >= 11 is 0. The van der Waals surface area contributed by atoms with Crippen LogP contribution >= 0.6 is 0 Å². The van der Waals surface area contributed by atoms with Crippen LogP contribution in [0.5, 0.6) is 0 Å². The van der Waals surface area contributed by atoms with Gasteiger partial charge in [0, 0.05) is 39.8 Å². The van der Waals surface area contributed by atoms with Crippen molar-refractivity contribution in [3.8, 4) is 0 Å². The van der Waals surface area contributed by atoms with Crippen molar-refractivity contribution in [3.63, 3.8) is 0 Å². The van der Waals surface area contributed by atoms with E-state index in [1.807, 2.05) is 0 Å². The van der Waals surface area contributed by atoms with Crippen LogP contribution in [0.2, 0.25) is 0 Å². The van der Waals surface area contributed by atoms with Crippen LogP contribution in [0.25, 0.3) is 0 Å². The van der Waals surface area contributed by atoms with E-state index in [-0.39, 0.29) is 0 Å². The molecular weight excluding hydrogens is 150 g/mol. The van der Waals surface area contributed by atoms with Gasteiger partial charge in [-0.15, -0.1) is 0 Å². The quantitative estimate of drug-likeness (QED) is 0.614. The molecule has 0 bridgehead atoms. The van der Waals surface area contributed by atoms with Crippen LogP contribution in [0.15, 0.2) is 0 Å². The second-order valence-electron chi connectivity index (χ2n) is 3.36. The topological polar surface area (TPSA) is 20.6 Å². The van der Waals surface area contributed by atoms with Crippen LogP contribution in [0.3, 0.4) is 0 Å². The zero-order valence-corrected chi connectivity index (χ0v) is 8.29. The average Bonchev–Trinajstić information content (AvgIpc) is 2.15. The van der Waals surface area contributed by atoms with Crippen molar-refractivity contribution < 1.29 is 0 Å². The van der Waals surface area contributed by atoms with Gasteiger partial charge in [-0.05, 0) is 6.42 Å². The first kappa shape index (κ1) is 9.96. The zero-order valence-electron chi connectivity index (χ0n) is 8.29. The molecule has 0 aliphatic carbocycles. The number of hydrogen-bond acceptors (Lipinski definition) is 2. The van der Waals surface area contributed by atoms with Crippen molar-refractivity contribution in [2.75, 3.05) is 39.8 Å². The molecule has 0 aromatic carbocycles. The predicted octanol–water partition coefficient (Wildman–Crippen LogP) is 0.553. The largest absolute Gasteiger partial charge is 0.245 e.